The van der Waals surface area contributed by atoms with E-state index >= 15 is 0 Å². The second kappa shape index (κ2) is 5.44. The molecule has 0 aliphatic rings. The van der Waals surface area contributed by atoms with Gasteiger partial charge < -0.3 is 10.2 Å². The van der Waals surface area contributed by atoms with Gasteiger partial charge in [0.15, 0.2) is 0 Å². The van der Waals surface area contributed by atoms with Crippen LogP contribution in [0.3, 0.4) is 0 Å². The van der Waals surface area contributed by atoms with Gasteiger partial charge in [-0.05, 0) is 19.9 Å². The molecule has 1 N–H and O–H groups in total. The molecule has 0 saturated heterocycles. The molecule has 1 rings (SSSR count). The van der Waals surface area contributed by atoms with Gasteiger partial charge in [0.1, 0.15) is 17.6 Å². The number of aromatic nitrogens is 1. The van der Waals surface area contributed by atoms with Crippen molar-refractivity contribution in [1.82, 2.24) is 9.88 Å². The van der Waals surface area contributed by atoms with Crippen LogP contribution in [0.5, 0.6) is 0 Å². The summed E-state index contributed by atoms with van der Waals surface area (Å²) in [6.45, 7) is 3.27. The molecule has 1 aromatic rings. The lowest BCUT2D eigenvalue weighted by molar-refractivity contribution is -0.385. The van der Waals surface area contributed by atoms with Crippen molar-refractivity contribution in [2.24, 2.45) is 0 Å². The highest BCUT2D eigenvalue weighted by Crippen LogP contribution is 2.18. The number of aryl methyl sites for hydroxylation is 1. The molecule has 1 atom stereocenters. The van der Waals surface area contributed by atoms with Crippen LogP contribution in [-0.4, -0.2) is 40.9 Å². The Kier molecular flexibility index (Phi) is 4.19. The summed E-state index contributed by atoms with van der Waals surface area (Å²) in [7, 11) is 3.32. The van der Waals surface area contributed by atoms with E-state index in [0.29, 0.717) is 11.5 Å². The minimum atomic E-state index is -0.486. The summed E-state index contributed by atoms with van der Waals surface area (Å²) in [4.78, 5) is 27.3. The van der Waals surface area contributed by atoms with E-state index < -0.39 is 11.0 Å². The van der Waals surface area contributed by atoms with Crippen LogP contribution in [0.15, 0.2) is 12.1 Å². The number of amides is 1. The van der Waals surface area contributed by atoms with Crippen LogP contribution in [0, 0.1) is 17.0 Å². The zero-order valence-electron chi connectivity index (χ0n) is 10.8. The third kappa shape index (κ3) is 3.16. The number of nitro groups is 1. The van der Waals surface area contributed by atoms with Crippen molar-refractivity contribution in [2.75, 3.05) is 19.4 Å². The van der Waals surface area contributed by atoms with Crippen LogP contribution in [0.1, 0.15) is 12.6 Å². The first-order chi connectivity index (χ1) is 8.32. The largest absolute Gasteiger partial charge is 0.359 e. The van der Waals surface area contributed by atoms with Gasteiger partial charge in [0, 0.05) is 20.2 Å². The average molecular weight is 252 g/mol. The van der Waals surface area contributed by atoms with Gasteiger partial charge in [0.05, 0.1) is 4.92 Å². The maximum Gasteiger partial charge on any atom is 0.290 e. The lowest BCUT2D eigenvalue weighted by atomic mass is 10.2. The van der Waals surface area contributed by atoms with Gasteiger partial charge in [-0.25, -0.2) is 4.98 Å². The van der Waals surface area contributed by atoms with Gasteiger partial charge in [-0.15, -0.1) is 0 Å². The Hall–Kier alpha value is -2.18. The molecule has 0 saturated carbocycles. The molecule has 1 unspecified atom stereocenters. The summed E-state index contributed by atoms with van der Waals surface area (Å²) < 4.78 is 0. The maximum absolute atomic E-state index is 11.6. The third-order valence-corrected chi connectivity index (χ3v) is 2.43. The van der Waals surface area contributed by atoms with Gasteiger partial charge in [0.2, 0.25) is 5.91 Å². The SMILES string of the molecule is Cc1nc(NC(C)C(=O)N(C)C)ccc1[N+](=O)[O-]. The van der Waals surface area contributed by atoms with Crippen LogP contribution in [0.2, 0.25) is 0 Å². The van der Waals surface area contributed by atoms with Crippen LogP contribution < -0.4 is 5.32 Å². The number of carbonyl (C=O) groups is 1. The Labute approximate surface area is 105 Å². The first kappa shape index (κ1) is 13.9. The number of hydrogen-bond donors (Lipinski definition) is 1. The van der Waals surface area contributed by atoms with Crippen LogP contribution in [-0.2, 0) is 4.79 Å². The van der Waals surface area contributed by atoms with Gasteiger partial charge in [0.25, 0.3) is 5.69 Å². The average Bonchev–Trinajstić information content (AvgIpc) is 2.27. The number of rotatable bonds is 4. The highest BCUT2D eigenvalue weighted by molar-refractivity contribution is 5.83. The van der Waals surface area contributed by atoms with Crippen LogP contribution in [0.4, 0.5) is 11.5 Å². The van der Waals surface area contributed by atoms with Gasteiger partial charge in [-0.2, -0.15) is 0 Å². The maximum atomic E-state index is 11.6. The Balaban J connectivity index is 2.84. The van der Waals surface area contributed by atoms with Crippen molar-refractivity contribution in [3.63, 3.8) is 0 Å². The molecule has 0 aliphatic carbocycles. The highest BCUT2D eigenvalue weighted by Gasteiger charge is 2.17. The molecule has 0 bridgehead atoms. The molecule has 0 aliphatic heterocycles. The van der Waals surface area contributed by atoms with E-state index in [0.717, 1.165) is 0 Å². The van der Waals surface area contributed by atoms with Gasteiger partial charge >= 0.3 is 0 Å². The highest BCUT2D eigenvalue weighted by atomic mass is 16.6. The fourth-order valence-corrected chi connectivity index (χ4v) is 1.50. The first-order valence-corrected chi connectivity index (χ1v) is 5.42. The van der Waals surface area contributed by atoms with Crippen LogP contribution in [0.25, 0.3) is 0 Å². The fraction of sp³-hybridized carbons (Fsp3) is 0.455. The predicted octanol–water partition coefficient (Wildman–Crippen LogP) is 1.19. The molecule has 0 fully saturated rings. The number of anilines is 1. The number of carbonyl (C=O) groups excluding carboxylic acids is 1. The Morgan fingerprint density at radius 2 is 2.11 bits per heavy atom. The predicted molar refractivity (Wildman–Crippen MR) is 67.4 cm³/mol. The van der Waals surface area contributed by atoms with Crippen molar-refractivity contribution < 1.29 is 9.72 Å². The van der Waals surface area contributed by atoms with Gasteiger partial charge in [-0.1, -0.05) is 0 Å². The number of likely N-dealkylation sites (N-methyl/N-ethyl adjacent to an activating group) is 1. The van der Waals surface area contributed by atoms with E-state index in [4.69, 9.17) is 0 Å². The molecule has 1 aromatic heterocycles. The molecule has 0 spiro atoms. The summed E-state index contributed by atoms with van der Waals surface area (Å²) in [5, 5.41) is 13.5. The Morgan fingerprint density at radius 1 is 1.50 bits per heavy atom. The van der Waals surface area contributed by atoms with Crippen molar-refractivity contribution in [3.05, 3.63) is 27.9 Å². The second-order valence-corrected chi connectivity index (χ2v) is 4.16. The summed E-state index contributed by atoms with van der Waals surface area (Å²) in [5.74, 6) is 0.355. The zero-order chi connectivity index (χ0) is 13.9. The summed E-state index contributed by atoms with van der Waals surface area (Å²) in [6, 6.07) is 2.43. The summed E-state index contributed by atoms with van der Waals surface area (Å²) >= 11 is 0. The number of pyridine rings is 1. The van der Waals surface area contributed by atoms with Crippen LogP contribution >= 0.6 is 0 Å². The summed E-state index contributed by atoms with van der Waals surface area (Å²) in [6.07, 6.45) is 0. The minimum Gasteiger partial charge on any atom is -0.359 e. The first-order valence-electron chi connectivity index (χ1n) is 5.42. The molecule has 7 nitrogen and oxygen atoms in total. The van der Waals surface area contributed by atoms with Crippen molar-refractivity contribution in [1.29, 1.82) is 0 Å². The van der Waals surface area contributed by atoms with Crippen molar-refractivity contribution in [2.45, 2.75) is 19.9 Å². The monoisotopic (exact) mass is 252 g/mol. The number of nitrogens with one attached hydrogen (secondary N) is 1. The molecule has 7 heteroatoms. The van der Waals surface area contributed by atoms with Gasteiger partial charge in [-0.3, -0.25) is 14.9 Å². The normalized spacial score (nSPS) is 11.8. The molecule has 0 radical (unpaired) electrons. The standard InChI is InChI=1S/C11H16N4O3/c1-7-9(15(17)18)5-6-10(12-7)13-8(2)11(16)14(3)4/h5-6,8H,1-4H3,(H,12,13). The Bertz CT molecular complexity index is 473. The number of nitrogens with zero attached hydrogens (tertiary/aromatic N) is 3. The second-order valence-electron chi connectivity index (χ2n) is 4.16. The van der Waals surface area contributed by atoms with E-state index in [-0.39, 0.29) is 11.6 Å². The van der Waals surface area contributed by atoms with E-state index in [9.17, 15) is 14.9 Å². The fourth-order valence-electron chi connectivity index (χ4n) is 1.50. The molecule has 0 aromatic carbocycles. The minimum absolute atomic E-state index is 0.0351. The molecule has 18 heavy (non-hydrogen) atoms. The summed E-state index contributed by atoms with van der Waals surface area (Å²) in [5.41, 5.74) is 0.279. The van der Waals surface area contributed by atoms with Crippen molar-refractivity contribution in [3.8, 4) is 0 Å². The van der Waals surface area contributed by atoms with E-state index in [1.165, 1.54) is 17.0 Å². The lowest BCUT2D eigenvalue weighted by Gasteiger charge is -2.18. The zero-order valence-corrected chi connectivity index (χ0v) is 10.8. The Morgan fingerprint density at radius 3 is 2.56 bits per heavy atom. The molecule has 1 amide bonds. The molecule has 98 valence electrons. The van der Waals surface area contributed by atoms with E-state index in [2.05, 4.69) is 10.3 Å². The molecular formula is C11H16N4O3. The van der Waals surface area contributed by atoms with Crippen molar-refractivity contribution >= 4 is 17.4 Å². The molecule has 1 heterocycles. The lowest BCUT2D eigenvalue weighted by Crippen LogP contribution is -2.36. The third-order valence-electron chi connectivity index (χ3n) is 2.43. The molecular weight excluding hydrogens is 236 g/mol. The van der Waals surface area contributed by atoms with E-state index in [1.54, 1.807) is 27.9 Å². The topological polar surface area (TPSA) is 88.4 Å². The number of hydrogen-bond acceptors (Lipinski definition) is 5. The quantitative estimate of drug-likeness (QED) is 0.642. The van der Waals surface area contributed by atoms with E-state index in [1.807, 2.05) is 0 Å². The smallest absolute Gasteiger partial charge is 0.290 e.